The van der Waals surface area contributed by atoms with Crippen molar-refractivity contribution in [2.24, 2.45) is 0 Å². The fourth-order valence-electron chi connectivity index (χ4n) is 3.22. The number of ether oxygens (including phenoxy) is 8. The summed E-state index contributed by atoms with van der Waals surface area (Å²) in [6.45, 7) is 0.277. The summed E-state index contributed by atoms with van der Waals surface area (Å²) in [5.74, 6) is 0.850. The monoisotopic (exact) mass is 446 g/mol. The molecule has 0 unspecified atom stereocenters. The fraction of sp³-hybridized carbons (Fsp3) is 0.364. The van der Waals surface area contributed by atoms with Crippen molar-refractivity contribution in [2.45, 2.75) is 25.4 Å². The maximum absolute atomic E-state index is 12.4. The minimum absolute atomic E-state index is 0.00269. The Morgan fingerprint density at radius 3 is 1.53 bits per heavy atom. The Morgan fingerprint density at radius 2 is 1.12 bits per heavy atom. The highest BCUT2D eigenvalue weighted by Gasteiger charge is 2.38. The van der Waals surface area contributed by atoms with Crippen molar-refractivity contribution in [3.05, 3.63) is 47.5 Å². The molecule has 32 heavy (non-hydrogen) atoms. The van der Waals surface area contributed by atoms with Gasteiger partial charge in [-0.1, -0.05) is 12.1 Å². The van der Waals surface area contributed by atoms with Gasteiger partial charge in [-0.05, 0) is 35.4 Å². The van der Waals surface area contributed by atoms with Crippen molar-refractivity contribution in [1.29, 1.82) is 0 Å². The molecule has 2 aromatic carbocycles. The van der Waals surface area contributed by atoms with Crippen LogP contribution < -0.4 is 18.9 Å². The number of carbonyl (C=O) groups is 2. The zero-order chi connectivity index (χ0) is 22.5. The van der Waals surface area contributed by atoms with E-state index in [2.05, 4.69) is 0 Å². The van der Waals surface area contributed by atoms with Gasteiger partial charge in [0.25, 0.3) is 0 Å². The van der Waals surface area contributed by atoms with Crippen LogP contribution in [0, 0.1) is 0 Å². The van der Waals surface area contributed by atoms with E-state index < -0.39 is 24.1 Å². The van der Waals surface area contributed by atoms with Crippen molar-refractivity contribution in [2.75, 3.05) is 27.8 Å². The van der Waals surface area contributed by atoms with E-state index in [1.165, 1.54) is 14.2 Å². The van der Waals surface area contributed by atoms with Crippen LogP contribution >= 0.6 is 0 Å². The number of carbonyl (C=O) groups excluding carboxylic acids is 2. The van der Waals surface area contributed by atoms with Crippen molar-refractivity contribution >= 4 is 11.9 Å². The van der Waals surface area contributed by atoms with Crippen LogP contribution in [0.2, 0.25) is 0 Å². The molecule has 2 aliphatic heterocycles. The second-order valence-corrected chi connectivity index (χ2v) is 6.88. The molecule has 10 nitrogen and oxygen atoms in total. The Bertz CT molecular complexity index is 909. The highest BCUT2D eigenvalue weighted by atomic mass is 16.7. The molecular formula is C22H22O10. The molecule has 2 heterocycles. The first kappa shape index (κ1) is 21.7. The first-order valence-corrected chi connectivity index (χ1v) is 9.75. The van der Waals surface area contributed by atoms with Crippen LogP contribution in [0.1, 0.15) is 11.1 Å². The summed E-state index contributed by atoms with van der Waals surface area (Å²) in [6.07, 6.45) is -2.71. The first-order valence-electron chi connectivity index (χ1n) is 9.75. The summed E-state index contributed by atoms with van der Waals surface area (Å²) < 4.78 is 42.4. The standard InChI is InChI=1S/C22H22O10/c1-25-21(23)19(27-9-13-3-5-15-17(7-13)31-11-29-15)20(22(24)26-2)28-10-14-4-6-16-18(8-14)32-12-30-16/h3-8,19-20H,9-12H2,1-2H3/t19-,20-/m0/s1. The fourth-order valence-corrected chi connectivity index (χ4v) is 3.22. The average Bonchev–Trinajstić information content (AvgIpc) is 3.48. The molecule has 0 radical (unpaired) electrons. The molecule has 0 spiro atoms. The number of hydrogen-bond donors (Lipinski definition) is 0. The number of esters is 2. The van der Waals surface area contributed by atoms with Crippen molar-refractivity contribution < 1.29 is 47.5 Å². The van der Waals surface area contributed by atoms with Gasteiger partial charge in [-0.2, -0.15) is 0 Å². The van der Waals surface area contributed by atoms with Crippen LogP contribution in [-0.2, 0) is 41.8 Å². The van der Waals surface area contributed by atoms with Gasteiger partial charge in [0.15, 0.2) is 35.2 Å². The van der Waals surface area contributed by atoms with Gasteiger partial charge < -0.3 is 37.9 Å². The largest absolute Gasteiger partial charge is 0.467 e. The topological polar surface area (TPSA) is 108 Å². The first-order chi connectivity index (χ1) is 15.6. The molecule has 0 saturated carbocycles. The van der Waals surface area contributed by atoms with Crippen LogP contribution in [0.4, 0.5) is 0 Å². The van der Waals surface area contributed by atoms with E-state index in [1.807, 2.05) is 0 Å². The van der Waals surface area contributed by atoms with Crippen molar-refractivity contribution in [3.63, 3.8) is 0 Å². The maximum atomic E-state index is 12.4. The van der Waals surface area contributed by atoms with Gasteiger partial charge >= 0.3 is 11.9 Å². The third-order valence-corrected chi connectivity index (χ3v) is 4.88. The molecular weight excluding hydrogens is 424 g/mol. The SMILES string of the molecule is COC(=O)[C@@H](OCc1ccc2c(c1)OCO2)[C@H](OCc1ccc2c(c1)OCO2)C(=O)OC. The molecule has 0 aromatic heterocycles. The van der Waals surface area contributed by atoms with E-state index in [1.54, 1.807) is 36.4 Å². The normalized spacial score (nSPS) is 15.2. The van der Waals surface area contributed by atoms with Gasteiger partial charge in [-0.25, -0.2) is 9.59 Å². The molecule has 0 N–H and O–H groups in total. The zero-order valence-electron chi connectivity index (χ0n) is 17.5. The quantitative estimate of drug-likeness (QED) is 0.531. The number of methoxy groups -OCH3 is 2. The molecule has 0 aliphatic carbocycles. The van der Waals surface area contributed by atoms with Crippen LogP contribution in [0.15, 0.2) is 36.4 Å². The predicted molar refractivity (Wildman–Crippen MR) is 106 cm³/mol. The van der Waals surface area contributed by atoms with E-state index in [0.717, 1.165) is 0 Å². The summed E-state index contributed by atoms with van der Waals surface area (Å²) in [4.78, 5) is 24.9. The molecule has 2 atom stereocenters. The van der Waals surface area contributed by atoms with Crippen LogP contribution in [-0.4, -0.2) is 52.0 Å². The van der Waals surface area contributed by atoms with Gasteiger partial charge in [-0.3, -0.25) is 0 Å². The van der Waals surface area contributed by atoms with Crippen LogP contribution in [0.5, 0.6) is 23.0 Å². The summed E-state index contributed by atoms with van der Waals surface area (Å²) in [5.41, 5.74) is 1.42. The smallest absolute Gasteiger partial charge is 0.338 e. The second kappa shape index (κ2) is 9.75. The van der Waals surface area contributed by atoms with E-state index in [0.29, 0.717) is 34.1 Å². The van der Waals surface area contributed by atoms with Crippen molar-refractivity contribution in [3.8, 4) is 23.0 Å². The molecule has 2 aromatic rings. The van der Waals surface area contributed by atoms with Gasteiger partial charge in [0, 0.05) is 0 Å². The molecule has 10 heteroatoms. The molecule has 0 amide bonds. The Labute approximate surface area is 183 Å². The second-order valence-electron chi connectivity index (χ2n) is 6.88. The van der Waals surface area contributed by atoms with Crippen LogP contribution in [0.3, 0.4) is 0 Å². The summed E-state index contributed by atoms with van der Waals surface area (Å²) >= 11 is 0. The third-order valence-electron chi connectivity index (χ3n) is 4.88. The lowest BCUT2D eigenvalue weighted by Crippen LogP contribution is -2.44. The van der Waals surface area contributed by atoms with Gasteiger partial charge in [0.05, 0.1) is 27.4 Å². The Hall–Kier alpha value is -3.50. The lowest BCUT2D eigenvalue weighted by molar-refractivity contribution is -0.182. The highest BCUT2D eigenvalue weighted by molar-refractivity contribution is 5.85. The summed E-state index contributed by atoms with van der Waals surface area (Å²) in [5, 5.41) is 0. The van der Waals surface area contributed by atoms with Gasteiger partial charge in [0.2, 0.25) is 13.6 Å². The van der Waals surface area contributed by atoms with Gasteiger partial charge in [0.1, 0.15) is 0 Å². The van der Waals surface area contributed by atoms with E-state index >= 15 is 0 Å². The number of hydrogen-bond acceptors (Lipinski definition) is 10. The minimum atomic E-state index is -1.35. The van der Waals surface area contributed by atoms with E-state index in [4.69, 9.17) is 37.9 Å². The predicted octanol–water partition coefficient (Wildman–Crippen LogP) is 1.96. The minimum Gasteiger partial charge on any atom is -0.467 e. The Kier molecular flexibility index (Phi) is 6.62. The van der Waals surface area contributed by atoms with Crippen LogP contribution in [0.25, 0.3) is 0 Å². The highest BCUT2D eigenvalue weighted by Crippen LogP contribution is 2.34. The maximum Gasteiger partial charge on any atom is 0.338 e. The molecule has 4 rings (SSSR count). The Morgan fingerprint density at radius 1 is 0.719 bits per heavy atom. The lowest BCUT2D eigenvalue weighted by Gasteiger charge is -2.24. The average molecular weight is 446 g/mol. The summed E-state index contributed by atoms with van der Waals surface area (Å²) in [6, 6.07) is 10.5. The molecule has 0 saturated heterocycles. The van der Waals surface area contributed by atoms with Gasteiger partial charge in [-0.15, -0.1) is 0 Å². The zero-order valence-corrected chi connectivity index (χ0v) is 17.5. The Balaban J connectivity index is 1.47. The third kappa shape index (κ3) is 4.71. The number of rotatable bonds is 9. The number of fused-ring (bicyclic) bond motifs is 2. The van der Waals surface area contributed by atoms with E-state index in [-0.39, 0.29) is 26.8 Å². The number of benzene rings is 2. The molecule has 0 bridgehead atoms. The molecule has 170 valence electrons. The molecule has 2 aliphatic rings. The van der Waals surface area contributed by atoms with E-state index in [9.17, 15) is 9.59 Å². The summed E-state index contributed by atoms with van der Waals surface area (Å²) in [7, 11) is 2.40. The molecule has 0 fully saturated rings. The lowest BCUT2D eigenvalue weighted by atomic mass is 10.1. The van der Waals surface area contributed by atoms with Crippen molar-refractivity contribution in [1.82, 2.24) is 0 Å².